The molecule has 1 amide bonds. The molecule has 0 saturated carbocycles. The smallest absolute Gasteiger partial charge is 0.221 e. The molecule has 0 unspecified atom stereocenters. The molecule has 174 valence electrons. The molecule has 9 nitrogen and oxygen atoms in total. The normalized spacial score (nSPS) is 13.6. The van der Waals surface area contributed by atoms with Crippen molar-refractivity contribution in [2.45, 2.75) is 6.92 Å². The second kappa shape index (κ2) is 9.40. The van der Waals surface area contributed by atoms with Gasteiger partial charge in [0.1, 0.15) is 5.75 Å². The molecule has 0 aliphatic carbocycles. The molecule has 5 rings (SSSR count). The third-order valence-corrected chi connectivity index (χ3v) is 5.68. The fourth-order valence-corrected chi connectivity index (χ4v) is 4.05. The molecular formula is C25H26N6O3. The number of aromatic nitrogens is 3. The second-order valence-electron chi connectivity index (χ2n) is 8.00. The number of rotatable bonds is 6. The summed E-state index contributed by atoms with van der Waals surface area (Å²) in [4.78, 5) is 23.2. The van der Waals surface area contributed by atoms with E-state index in [-0.39, 0.29) is 5.91 Å². The Morgan fingerprint density at radius 3 is 2.59 bits per heavy atom. The van der Waals surface area contributed by atoms with Crippen LogP contribution in [0.1, 0.15) is 6.92 Å². The number of ether oxygens (including phenoxy) is 2. The maximum atomic E-state index is 11.5. The maximum absolute atomic E-state index is 11.5. The van der Waals surface area contributed by atoms with Crippen LogP contribution in [-0.2, 0) is 9.53 Å². The lowest BCUT2D eigenvalue weighted by Crippen LogP contribution is -2.36. The number of carbonyl (C=O) groups excluding carboxylic acids is 1. The highest BCUT2D eigenvalue weighted by molar-refractivity contribution is 5.90. The van der Waals surface area contributed by atoms with Crippen LogP contribution in [0.2, 0.25) is 0 Å². The molecule has 4 aromatic rings. The second-order valence-corrected chi connectivity index (χ2v) is 8.00. The van der Waals surface area contributed by atoms with Crippen molar-refractivity contribution in [2.24, 2.45) is 0 Å². The third kappa shape index (κ3) is 4.51. The number of anilines is 4. The Morgan fingerprint density at radius 2 is 1.85 bits per heavy atom. The van der Waals surface area contributed by atoms with Gasteiger partial charge in [-0.1, -0.05) is 0 Å². The fourth-order valence-electron chi connectivity index (χ4n) is 4.05. The summed E-state index contributed by atoms with van der Waals surface area (Å²) in [6.07, 6.45) is 5.50. The Balaban J connectivity index is 1.49. The standard InChI is InChI=1S/C25H26N6O3/c1-17(32)27-19-5-8-23(33-2)21(15-19)22-16-31-10-9-26-25(31)24(29-22)28-18-3-6-20(7-4-18)30-11-13-34-14-12-30/h3-10,15-16H,11-14H2,1-2H3,(H,27,32)(H,28,29). The summed E-state index contributed by atoms with van der Waals surface area (Å²) in [6, 6.07) is 13.7. The van der Waals surface area contributed by atoms with Crippen LogP contribution in [0.25, 0.3) is 16.9 Å². The van der Waals surface area contributed by atoms with Gasteiger partial charge in [0.15, 0.2) is 11.5 Å². The van der Waals surface area contributed by atoms with Gasteiger partial charge in [0.05, 0.1) is 26.0 Å². The van der Waals surface area contributed by atoms with Crippen LogP contribution in [0, 0.1) is 0 Å². The van der Waals surface area contributed by atoms with Crippen molar-refractivity contribution < 1.29 is 14.3 Å². The van der Waals surface area contributed by atoms with Gasteiger partial charge < -0.3 is 29.4 Å². The summed E-state index contributed by atoms with van der Waals surface area (Å²) in [5, 5.41) is 6.23. The highest BCUT2D eigenvalue weighted by Gasteiger charge is 2.15. The first-order chi connectivity index (χ1) is 16.6. The molecule has 3 heterocycles. The highest BCUT2D eigenvalue weighted by atomic mass is 16.5. The Kier molecular flexibility index (Phi) is 6.01. The van der Waals surface area contributed by atoms with E-state index >= 15 is 0 Å². The highest BCUT2D eigenvalue weighted by Crippen LogP contribution is 2.33. The van der Waals surface area contributed by atoms with Gasteiger partial charge in [0.25, 0.3) is 0 Å². The molecule has 1 saturated heterocycles. The van der Waals surface area contributed by atoms with E-state index in [1.165, 1.54) is 12.6 Å². The minimum absolute atomic E-state index is 0.142. The number of amides is 1. The van der Waals surface area contributed by atoms with E-state index in [0.717, 1.165) is 37.6 Å². The van der Waals surface area contributed by atoms with Crippen molar-refractivity contribution in [3.63, 3.8) is 0 Å². The van der Waals surface area contributed by atoms with Gasteiger partial charge in [0, 0.05) is 61.2 Å². The minimum atomic E-state index is -0.142. The molecule has 0 spiro atoms. The zero-order valence-electron chi connectivity index (χ0n) is 19.1. The van der Waals surface area contributed by atoms with Crippen molar-refractivity contribution in [2.75, 3.05) is 48.9 Å². The molecule has 0 atom stereocenters. The van der Waals surface area contributed by atoms with E-state index in [1.807, 2.05) is 41.1 Å². The summed E-state index contributed by atoms with van der Waals surface area (Å²) >= 11 is 0. The number of methoxy groups -OCH3 is 1. The predicted octanol–water partition coefficient (Wildman–Crippen LogP) is 3.94. The zero-order valence-corrected chi connectivity index (χ0v) is 19.1. The van der Waals surface area contributed by atoms with E-state index < -0.39 is 0 Å². The number of morpholine rings is 1. The van der Waals surface area contributed by atoms with Gasteiger partial charge >= 0.3 is 0 Å². The number of hydrogen-bond donors (Lipinski definition) is 2. The van der Waals surface area contributed by atoms with E-state index in [9.17, 15) is 4.79 Å². The molecule has 0 bridgehead atoms. The van der Waals surface area contributed by atoms with Gasteiger partial charge in [-0.3, -0.25) is 4.79 Å². The third-order valence-electron chi connectivity index (χ3n) is 5.68. The Hall–Kier alpha value is -4.11. The van der Waals surface area contributed by atoms with E-state index in [0.29, 0.717) is 28.6 Å². The predicted molar refractivity (Wildman–Crippen MR) is 132 cm³/mol. The first-order valence-electron chi connectivity index (χ1n) is 11.1. The molecule has 1 aliphatic rings. The van der Waals surface area contributed by atoms with Crippen LogP contribution >= 0.6 is 0 Å². The van der Waals surface area contributed by atoms with Crippen molar-refractivity contribution in [3.05, 3.63) is 61.1 Å². The Bertz CT molecular complexity index is 1310. The number of carbonyl (C=O) groups is 1. The topological polar surface area (TPSA) is 93.0 Å². The van der Waals surface area contributed by atoms with Crippen LogP contribution in [0.5, 0.6) is 5.75 Å². The van der Waals surface area contributed by atoms with Crippen LogP contribution in [-0.4, -0.2) is 53.7 Å². The molecule has 1 fully saturated rings. The van der Waals surface area contributed by atoms with Crippen molar-refractivity contribution in [1.29, 1.82) is 0 Å². The largest absolute Gasteiger partial charge is 0.496 e. The molecule has 2 aromatic carbocycles. The lowest BCUT2D eigenvalue weighted by molar-refractivity contribution is -0.114. The van der Waals surface area contributed by atoms with Crippen LogP contribution < -0.4 is 20.3 Å². The summed E-state index contributed by atoms with van der Waals surface area (Å²) in [5.41, 5.74) is 4.89. The van der Waals surface area contributed by atoms with Gasteiger partial charge in [-0.25, -0.2) is 9.97 Å². The molecule has 1 aliphatic heterocycles. The molecule has 0 radical (unpaired) electrons. The molecular weight excluding hydrogens is 432 g/mol. The number of nitrogens with one attached hydrogen (secondary N) is 2. The molecule has 2 N–H and O–H groups in total. The SMILES string of the molecule is COc1ccc(NC(C)=O)cc1-c1cn2ccnc2c(Nc2ccc(N3CCOCC3)cc2)n1. The van der Waals surface area contributed by atoms with E-state index in [1.54, 1.807) is 19.4 Å². The summed E-state index contributed by atoms with van der Waals surface area (Å²) in [7, 11) is 1.61. The molecule has 9 heteroatoms. The number of imidazole rings is 1. The summed E-state index contributed by atoms with van der Waals surface area (Å²) in [6.45, 7) is 4.77. The van der Waals surface area contributed by atoms with Crippen LogP contribution in [0.3, 0.4) is 0 Å². The average molecular weight is 459 g/mol. The van der Waals surface area contributed by atoms with Crippen molar-refractivity contribution in [3.8, 4) is 17.0 Å². The summed E-state index contributed by atoms with van der Waals surface area (Å²) in [5.74, 6) is 1.13. The molecule has 2 aromatic heterocycles. The monoisotopic (exact) mass is 458 g/mol. The first kappa shape index (κ1) is 21.7. The van der Waals surface area contributed by atoms with Gasteiger partial charge in [0.2, 0.25) is 5.91 Å². The number of benzene rings is 2. The lowest BCUT2D eigenvalue weighted by atomic mass is 10.1. The van der Waals surface area contributed by atoms with Crippen LogP contribution in [0.4, 0.5) is 22.9 Å². The van der Waals surface area contributed by atoms with E-state index in [2.05, 4.69) is 32.7 Å². The van der Waals surface area contributed by atoms with E-state index in [4.69, 9.17) is 14.5 Å². The van der Waals surface area contributed by atoms with Crippen molar-refractivity contribution in [1.82, 2.24) is 14.4 Å². The first-order valence-corrected chi connectivity index (χ1v) is 11.1. The Labute approximate surface area is 197 Å². The van der Waals surface area contributed by atoms with Gasteiger partial charge in [-0.2, -0.15) is 0 Å². The minimum Gasteiger partial charge on any atom is -0.496 e. The number of nitrogens with zero attached hydrogens (tertiary/aromatic N) is 4. The van der Waals surface area contributed by atoms with Crippen molar-refractivity contribution >= 4 is 34.4 Å². The maximum Gasteiger partial charge on any atom is 0.221 e. The average Bonchev–Trinajstić information content (AvgIpc) is 3.34. The lowest BCUT2D eigenvalue weighted by Gasteiger charge is -2.28. The fraction of sp³-hybridized carbons (Fsp3) is 0.240. The molecule has 34 heavy (non-hydrogen) atoms. The van der Waals surface area contributed by atoms with Gasteiger partial charge in [-0.05, 0) is 42.5 Å². The number of hydrogen-bond acceptors (Lipinski definition) is 7. The zero-order chi connectivity index (χ0) is 23.5. The van der Waals surface area contributed by atoms with Crippen LogP contribution in [0.15, 0.2) is 61.1 Å². The van der Waals surface area contributed by atoms with Gasteiger partial charge in [-0.15, -0.1) is 0 Å². The summed E-state index contributed by atoms with van der Waals surface area (Å²) < 4.78 is 12.9. The Morgan fingerprint density at radius 1 is 1.09 bits per heavy atom. The quantitative estimate of drug-likeness (QED) is 0.452. The number of fused-ring (bicyclic) bond motifs is 1.